The van der Waals surface area contributed by atoms with Gasteiger partial charge in [-0.1, -0.05) is 6.92 Å². The van der Waals surface area contributed by atoms with Gasteiger partial charge in [-0.3, -0.25) is 0 Å². The second-order valence-corrected chi connectivity index (χ2v) is 3.84. The number of hydrogen-bond acceptors (Lipinski definition) is 1. The molecule has 66 valence electrons. The monoisotopic (exact) mass is 279 g/mol. The number of benzene rings is 1. The molecule has 3 heteroatoms. The van der Waals surface area contributed by atoms with Crippen molar-refractivity contribution in [1.29, 1.82) is 0 Å². The standard InChI is InChI=1S/C9H11FIN/c1-2-9(12)7-5-6(10)3-4-8(7)11/h3-5,9H,2,12H2,1H3/t9-/m1/s1. The normalized spacial score (nSPS) is 13.0. The number of nitrogens with two attached hydrogens (primary N) is 1. The van der Waals surface area contributed by atoms with Crippen LogP contribution in [0.5, 0.6) is 0 Å². The van der Waals surface area contributed by atoms with Crippen molar-refractivity contribution in [2.24, 2.45) is 5.73 Å². The summed E-state index contributed by atoms with van der Waals surface area (Å²) in [5.41, 5.74) is 6.69. The van der Waals surface area contributed by atoms with Crippen molar-refractivity contribution in [1.82, 2.24) is 0 Å². The van der Waals surface area contributed by atoms with Crippen LogP contribution in [-0.2, 0) is 0 Å². The Hall–Kier alpha value is -0.160. The van der Waals surface area contributed by atoms with E-state index < -0.39 is 0 Å². The minimum atomic E-state index is -0.214. The highest BCUT2D eigenvalue weighted by Gasteiger charge is 2.07. The molecule has 0 saturated carbocycles. The fraction of sp³-hybridized carbons (Fsp3) is 0.333. The molecule has 0 aliphatic rings. The van der Waals surface area contributed by atoms with Crippen LogP contribution in [0.4, 0.5) is 4.39 Å². The van der Waals surface area contributed by atoms with Crippen LogP contribution in [0.3, 0.4) is 0 Å². The van der Waals surface area contributed by atoms with E-state index in [9.17, 15) is 4.39 Å². The van der Waals surface area contributed by atoms with E-state index in [1.807, 2.05) is 6.92 Å². The first-order valence-corrected chi connectivity index (χ1v) is 4.93. The van der Waals surface area contributed by atoms with Gasteiger partial charge < -0.3 is 5.73 Å². The molecule has 1 atom stereocenters. The molecular formula is C9H11FIN. The molecule has 1 nitrogen and oxygen atoms in total. The van der Waals surface area contributed by atoms with Crippen LogP contribution < -0.4 is 5.73 Å². The average molecular weight is 279 g/mol. The summed E-state index contributed by atoms with van der Waals surface area (Å²) in [6.07, 6.45) is 0.833. The minimum absolute atomic E-state index is 0.0485. The Kier molecular flexibility index (Phi) is 3.46. The highest BCUT2D eigenvalue weighted by atomic mass is 127. The van der Waals surface area contributed by atoms with Crippen molar-refractivity contribution >= 4 is 22.6 Å². The van der Waals surface area contributed by atoms with Gasteiger partial charge in [0.15, 0.2) is 0 Å². The Morgan fingerprint density at radius 1 is 1.58 bits per heavy atom. The maximum absolute atomic E-state index is 12.8. The fourth-order valence-electron chi connectivity index (χ4n) is 1.02. The van der Waals surface area contributed by atoms with E-state index >= 15 is 0 Å². The molecule has 2 N–H and O–H groups in total. The Morgan fingerprint density at radius 3 is 2.83 bits per heavy atom. The molecule has 0 spiro atoms. The summed E-state index contributed by atoms with van der Waals surface area (Å²) in [7, 11) is 0. The van der Waals surface area contributed by atoms with E-state index in [0.29, 0.717) is 0 Å². The number of rotatable bonds is 2. The lowest BCUT2D eigenvalue weighted by atomic mass is 10.1. The molecule has 0 aliphatic heterocycles. The molecule has 0 fully saturated rings. The molecule has 0 heterocycles. The summed E-state index contributed by atoms with van der Waals surface area (Å²) < 4.78 is 13.8. The van der Waals surface area contributed by atoms with Gasteiger partial charge >= 0.3 is 0 Å². The zero-order chi connectivity index (χ0) is 9.14. The van der Waals surface area contributed by atoms with Gasteiger partial charge in [0.1, 0.15) is 5.82 Å². The second-order valence-electron chi connectivity index (χ2n) is 2.68. The molecule has 1 aromatic carbocycles. The van der Waals surface area contributed by atoms with Crippen LogP contribution in [0.25, 0.3) is 0 Å². The Balaban J connectivity index is 3.04. The van der Waals surface area contributed by atoms with Gasteiger partial charge in [0.25, 0.3) is 0 Å². The van der Waals surface area contributed by atoms with Gasteiger partial charge in [0, 0.05) is 9.61 Å². The molecule has 0 amide bonds. The first kappa shape index (κ1) is 9.92. The third-order valence-corrected chi connectivity index (χ3v) is 2.78. The predicted octanol–water partition coefficient (Wildman–Crippen LogP) is 2.84. The Bertz CT molecular complexity index is 275. The summed E-state index contributed by atoms with van der Waals surface area (Å²) in [5, 5.41) is 0. The smallest absolute Gasteiger partial charge is 0.123 e. The van der Waals surface area contributed by atoms with Gasteiger partial charge in [-0.05, 0) is 52.8 Å². The van der Waals surface area contributed by atoms with Gasteiger partial charge in [-0.25, -0.2) is 4.39 Å². The van der Waals surface area contributed by atoms with Gasteiger partial charge in [0.2, 0.25) is 0 Å². The van der Waals surface area contributed by atoms with Crippen LogP contribution in [0.1, 0.15) is 24.9 Å². The number of hydrogen-bond donors (Lipinski definition) is 1. The van der Waals surface area contributed by atoms with Gasteiger partial charge in [-0.15, -0.1) is 0 Å². The summed E-state index contributed by atoms with van der Waals surface area (Å²) in [4.78, 5) is 0. The first-order chi connectivity index (χ1) is 5.65. The molecule has 12 heavy (non-hydrogen) atoms. The van der Waals surface area contributed by atoms with Crippen LogP contribution in [0.15, 0.2) is 18.2 Å². The Morgan fingerprint density at radius 2 is 2.25 bits per heavy atom. The summed E-state index contributed by atoms with van der Waals surface area (Å²) in [6.45, 7) is 1.99. The zero-order valence-corrected chi connectivity index (χ0v) is 9.01. The fourth-order valence-corrected chi connectivity index (χ4v) is 1.75. The molecule has 0 unspecified atom stereocenters. The molecule has 0 radical (unpaired) electrons. The van der Waals surface area contributed by atoms with E-state index in [-0.39, 0.29) is 11.9 Å². The van der Waals surface area contributed by atoms with Crippen LogP contribution in [-0.4, -0.2) is 0 Å². The highest BCUT2D eigenvalue weighted by molar-refractivity contribution is 14.1. The third-order valence-electron chi connectivity index (χ3n) is 1.80. The van der Waals surface area contributed by atoms with Crippen LogP contribution in [0.2, 0.25) is 0 Å². The molecule has 0 saturated heterocycles. The maximum Gasteiger partial charge on any atom is 0.123 e. The lowest BCUT2D eigenvalue weighted by Crippen LogP contribution is -2.10. The lowest BCUT2D eigenvalue weighted by Gasteiger charge is -2.10. The van der Waals surface area contributed by atoms with E-state index in [1.54, 1.807) is 6.07 Å². The van der Waals surface area contributed by atoms with Crippen molar-refractivity contribution in [3.63, 3.8) is 0 Å². The van der Waals surface area contributed by atoms with Crippen molar-refractivity contribution in [2.45, 2.75) is 19.4 Å². The summed E-state index contributed by atoms with van der Waals surface area (Å²) in [5.74, 6) is -0.214. The quantitative estimate of drug-likeness (QED) is 0.828. The molecular weight excluding hydrogens is 268 g/mol. The topological polar surface area (TPSA) is 26.0 Å². The molecule has 1 aromatic rings. The molecule has 0 bridgehead atoms. The Labute approximate surface area is 85.3 Å². The van der Waals surface area contributed by atoms with Crippen molar-refractivity contribution in [3.05, 3.63) is 33.1 Å². The van der Waals surface area contributed by atoms with Crippen molar-refractivity contribution < 1.29 is 4.39 Å². The SMILES string of the molecule is CC[C@@H](N)c1cc(F)ccc1I. The van der Waals surface area contributed by atoms with E-state index in [1.165, 1.54) is 12.1 Å². The average Bonchev–Trinajstić information content (AvgIpc) is 2.08. The maximum atomic E-state index is 12.8. The van der Waals surface area contributed by atoms with E-state index in [0.717, 1.165) is 15.6 Å². The van der Waals surface area contributed by atoms with Gasteiger partial charge in [-0.2, -0.15) is 0 Å². The van der Waals surface area contributed by atoms with E-state index in [2.05, 4.69) is 22.6 Å². The largest absolute Gasteiger partial charge is 0.324 e. The van der Waals surface area contributed by atoms with Crippen LogP contribution in [0, 0.1) is 9.39 Å². The molecule has 1 rings (SSSR count). The molecule has 0 aliphatic carbocycles. The number of halogens is 2. The summed E-state index contributed by atoms with van der Waals surface area (Å²) in [6, 6.07) is 4.66. The van der Waals surface area contributed by atoms with E-state index in [4.69, 9.17) is 5.73 Å². The summed E-state index contributed by atoms with van der Waals surface area (Å²) >= 11 is 2.17. The van der Waals surface area contributed by atoms with Crippen LogP contribution >= 0.6 is 22.6 Å². The third kappa shape index (κ3) is 2.17. The van der Waals surface area contributed by atoms with Gasteiger partial charge in [0.05, 0.1) is 0 Å². The predicted molar refractivity (Wildman–Crippen MR) is 56.3 cm³/mol. The second kappa shape index (κ2) is 4.18. The zero-order valence-electron chi connectivity index (χ0n) is 6.85. The minimum Gasteiger partial charge on any atom is -0.324 e. The van der Waals surface area contributed by atoms with Crippen molar-refractivity contribution in [3.8, 4) is 0 Å². The first-order valence-electron chi connectivity index (χ1n) is 3.85. The highest BCUT2D eigenvalue weighted by Crippen LogP contribution is 2.21. The lowest BCUT2D eigenvalue weighted by molar-refractivity contribution is 0.615. The molecule has 0 aromatic heterocycles. The van der Waals surface area contributed by atoms with Crippen molar-refractivity contribution in [2.75, 3.05) is 0 Å².